The van der Waals surface area contributed by atoms with Gasteiger partial charge in [0.15, 0.2) is 4.34 Å². The average molecular weight is 305 g/mol. The van der Waals surface area contributed by atoms with E-state index in [2.05, 4.69) is 4.98 Å². The molecule has 1 heterocycles. The second-order valence-corrected chi connectivity index (χ2v) is 5.60. The second-order valence-electron chi connectivity index (χ2n) is 3.41. The highest BCUT2D eigenvalue weighted by molar-refractivity contribution is 8.01. The van der Waals surface area contributed by atoms with Crippen molar-refractivity contribution in [2.75, 3.05) is 0 Å². The van der Waals surface area contributed by atoms with Crippen molar-refractivity contribution in [2.24, 2.45) is 0 Å². The fourth-order valence-corrected chi connectivity index (χ4v) is 3.00. The van der Waals surface area contributed by atoms with Gasteiger partial charge in [0.05, 0.1) is 11.1 Å². The highest BCUT2D eigenvalue weighted by Crippen LogP contribution is 2.36. The fourth-order valence-electron chi connectivity index (χ4n) is 1.32. The molecule has 0 saturated carbocycles. The van der Waals surface area contributed by atoms with Crippen molar-refractivity contribution in [3.8, 4) is 0 Å². The van der Waals surface area contributed by atoms with Gasteiger partial charge in [0, 0.05) is 16.5 Å². The van der Waals surface area contributed by atoms with Crippen LogP contribution < -0.4 is 0 Å². The van der Waals surface area contributed by atoms with E-state index >= 15 is 0 Å². The van der Waals surface area contributed by atoms with Crippen LogP contribution in [0.1, 0.15) is 15.9 Å². The highest BCUT2D eigenvalue weighted by Gasteiger charge is 2.31. The van der Waals surface area contributed by atoms with Gasteiger partial charge < -0.3 is 5.11 Å². The zero-order chi connectivity index (χ0) is 14.0. The van der Waals surface area contributed by atoms with E-state index in [4.69, 9.17) is 5.11 Å². The van der Waals surface area contributed by atoms with E-state index in [0.29, 0.717) is 10.4 Å². The van der Waals surface area contributed by atoms with Crippen LogP contribution in [0.3, 0.4) is 0 Å². The molecule has 0 bridgehead atoms. The third kappa shape index (κ3) is 3.27. The van der Waals surface area contributed by atoms with Gasteiger partial charge in [0.25, 0.3) is 0 Å². The van der Waals surface area contributed by atoms with Crippen LogP contribution in [0.15, 0.2) is 39.0 Å². The maximum Gasteiger partial charge on any atom is 0.416 e. The predicted molar refractivity (Wildman–Crippen MR) is 64.6 cm³/mol. The zero-order valence-corrected chi connectivity index (χ0v) is 10.8. The Hall–Kier alpha value is -1.54. The number of aromatic nitrogens is 1. The summed E-state index contributed by atoms with van der Waals surface area (Å²) in [4.78, 5) is 15.2. The summed E-state index contributed by atoms with van der Waals surface area (Å²) in [7, 11) is 0. The molecule has 0 spiro atoms. The number of thiazole rings is 1. The summed E-state index contributed by atoms with van der Waals surface area (Å²) in [6.07, 6.45) is -3.02. The molecule has 1 N–H and O–H groups in total. The number of benzene rings is 1. The first-order valence-electron chi connectivity index (χ1n) is 4.90. The van der Waals surface area contributed by atoms with Gasteiger partial charge in [0.2, 0.25) is 0 Å². The maximum atomic E-state index is 12.5. The quantitative estimate of drug-likeness (QED) is 0.931. The van der Waals surface area contributed by atoms with E-state index < -0.39 is 17.7 Å². The first kappa shape index (κ1) is 13.9. The van der Waals surface area contributed by atoms with Gasteiger partial charge in [-0.2, -0.15) is 13.2 Å². The lowest BCUT2D eigenvalue weighted by Crippen LogP contribution is -2.08. The van der Waals surface area contributed by atoms with Crippen LogP contribution in [0.4, 0.5) is 13.2 Å². The van der Waals surface area contributed by atoms with Crippen molar-refractivity contribution in [1.29, 1.82) is 0 Å². The van der Waals surface area contributed by atoms with E-state index in [1.54, 1.807) is 5.38 Å². The van der Waals surface area contributed by atoms with Gasteiger partial charge in [0.1, 0.15) is 0 Å². The molecule has 0 aliphatic carbocycles. The van der Waals surface area contributed by atoms with Gasteiger partial charge >= 0.3 is 12.1 Å². The van der Waals surface area contributed by atoms with Gasteiger partial charge in [-0.25, -0.2) is 9.78 Å². The molecule has 0 aliphatic rings. The minimum atomic E-state index is -4.56. The van der Waals surface area contributed by atoms with Crippen LogP contribution in [-0.2, 0) is 6.18 Å². The molecule has 0 amide bonds. The molecule has 0 unspecified atom stereocenters. The SMILES string of the molecule is O=C(O)c1cc(C(F)(F)F)ccc1Sc1nccs1. The zero-order valence-electron chi connectivity index (χ0n) is 9.14. The van der Waals surface area contributed by atoms with Gasteiger partial charge in [-0.3, -0.25) is 0 Å². The predicted octanol–water partition coefficient (Wildman–Crippen LogP) is 4.01. The number of halogens is 3. The molecule has 0 aliphatic heterocycles. The smallest absolute Gasteiger partial charge is 0.416 e. The number of hydrogen-bond acceptors (Lipinski definition) is 4. The molecule has 0 atom stereocenters. The minimum Gasteiger partial charge on any atom is -0.478 e. The van der Waals surface area contributed by atoms with E-state index in [0.717, 1.165) is 23.9 Å². The first-order chi connectivity index (χ1) is 8.88. The number of hydrogen-bond donors (Lipinski definition) is 1. The lowest BCUT2D eigenvalue weighted by molar-refractivity contribution is -0.137. The fraction of sp³-hybridized carbons (Fsp3) is 0.0909. The van der Waals surface area contributed by atoms with E-state index in [1.807, 2.05) is 0 Å². The number of rotatable bonds is 3. The third-order valence-electron chi connectivity index (χ3n) is 2.14. The summed E-state index contributed by atoms with van der Waals surface area (Å²) in [6.45, 7) is 0. The summed E-state index contributed by atoms with van der Waals surface area (Å²) in [5, 5.41) is 10.7. The lowest BCUT2D eigenvalue weighted by atomic mass is 10.1. The van der Waals surface area contributed by atoms with Gasteiger partial charge in [-0.05, 0) is 18.2 Å². The van der Waals surface area contributed by atoms with Crippen molar-refractivity contribution >= 4 is 29.1 Å². The van der Waals surface area contributed by atoms with E-state index in [9.17, 15) is 18.0 Å². The molecule has 2 rings (SSSR count). The topological polar surface area (TPSA) is 50.2 Å². The second kappa shape index (κ2) is 5.22. The molecule has 1 aromatic heterocycles. The molecular formula is C11H6F3NO2S2. The first-order valence-corrected chi connectivity index (χ1v) is 6.59. The number of carboxylic acids is 1. The molecule has 1 aromatic carbocycles. The van der Waals surface area contributed by atoms with Crippen molar-refractivity contribution < 1.29 is 23.1 Å². The summed E-state index contributed by atoms with van der Waals surface area (Å²) in [6, 6.07) is 2.65. The lowest BCUT2D eigenvalue weighted by Gasteiger charge is -2.10. The van der Waals surface area contributed by atoms with Crippen molar-refractivity contribution in [3.63, 3.8) is 0 Å². The number of carboxylic acid groups (broad SMARTS) is 1. The molecule has 0 radical (unpaired) electrons. The standard InChI is InChI=1S/C11H6F3NO2S2/c12-11(13,14)6-1-2-8(7(5-6)9(16)17)19-10-15-3-4-18-10/h1-5H,(H,16,17). The number of carbonyl (C=O) groups is 1. The van der Waals surface area contributed by atoms with Crippen LogP contribution >= 0.6 is 23.1 Å². The highest BCUT2D eigenvalue weighted by atomic mass is 32.2. The Balaban J connectivity index is 2.41. The van der Waals surface area contributed by atoms with Crippen LogP contribution in [0.2, 0.25) is 0 Å². The Labute approximate surface area is 114 Å². The van der Waals surface area contributed by atoms with Crippen LogP contribution in [0, 0.1) is 0 Å². The van der Waals surface area contributed by atoms with E-state index in [1.165, 1.54) is 17.5 Å². The Kier molecular flexibility index (Phi) is 3.81. The molecule has 0 saturated heterocycles. The third-order valence-corrected chi connectivity index (χ3v) is 4.10. The average Bonchev–Trinajstić information content (AvgIpc) is 2.80. The van der Waals surface area contributed by atoms with Crippen molar-refractivity contribution in [2.45, 2.75) is 15.4 Å². The Morgan fingerprint density at radius 1 is 1.37 bits per heavy atom. The molecule has 19 heavy (non-hydrogen) atoms. The van der Waals surface area contributed by atoms with Crippen LogP contribution in [0.25, 0.3) is 0 Å². The Morgan fingerprint density at radius 2 is 2.11 bits per heavy atom. The Bertz CT molecular complexity index is 596. The monoisotopic (exact) mass is 305 g/mol. The molecule has 0 fully saturated rings. The summed E-state index contributed by atoms with van der Waals surface area (Å²) in [5.41, 5.74) is -1.36. The summed E-state index contributed by atoms with van der Waals surface area (Å²) < 4.78 is 38.2. The molecule has 3 nitrogen and oxygen atoms in total. The largest absolute Gasteiger partial charge is 0.478 e. The normalized spacial score (nSPS) is 11.5. The minimum absolute atomic E-state index is 0.232. The van der Waals surface area contributed by atoms with Gasteiger partial charge in [-0.15, -0.1) is 11.3 Å². The number of alkyl halides is 3. The van der Waals surface area contributed by atoms with Crippen molar-refractivity contribution in [1.82, 2.24) is 4.98 Å². The molecule has 100 valence electrons. The molecule has 8 heteroatoms. The number of nitrogens with zero attached hydrogens (tertiary/aromatic N) is 1. The van der Waals surface area contributed by atoms with Crippen molar-refractivity contribution in [3.05, 3.63) is 40.9 Å². The summed E-state index contributed by atoms with van der Waals surface area (Å²) >= 11 is 2.31. The maximum absolute atomic E-state index is 12.5. The molecular weight excluding hydrogens is 299 g/mol. The Morgan fingerprint density at radius 3 is 2.63 bits per heavy atom. The van der Waals surface area contributed by atoms with Crippen LogP contribution in [0.5, 0.6) is 0 Å². The van der Waals surface area contributed by atoms with E-state index in [-0.39, 0.29) is 10.5 Å². The van der Waals surface area contributed by atoms with Crippen LogP contribution in [-0.4, -0.2) is 16.1 Å². The molecule has 2 aromatic rings. The van der Waals surface area contributed by atoms with Gasteiger partial charge in [-0.1, -0.05) is 11.8 Å². The summed E-state index contributed by atoms with van der Waals surface area (Å²) in [5.74, 6) is -1.40. The number of aromatic carboxylic acids is 1.